The largest absolute Gasteiger partial charge is 0.356 e. The Balaban J connectivity index is 1.41. The number of hydrogen-bond donors (Lipinski definition) is 1. The molecule has 2 amide bonds. The summed E-state index contributed by atoms with van der Waals surface area (Å²) in [6, 6.07) is 2.64. The number of carbonyl (C=O) groups is 2. The first kappa shape index (κ1) is 19.8. The maximum absolute atomic E-state index is 13.2. The van der Waals surface area contributed by atoms with Crippen molar-refractivity contribution in [2.24, 2.45) is 11.8 Å². The van der Waals surface area contributed by atoms with Crippen LogP contribution in [0.3, 0.4) is 0 Å². The fourth-order valence-corrected chi connectivity index (χ4v) is 6.88. The lowest BCUT2D eigenvalue weighted by Crippen LogP contribution is -2.52. The minimum Gasteiger partial charge on any atom is -0.356 e. The number of thiophene rings is 1. The van der Waals surface area contributed by atoms with E-state index in [0.29, 0.717) is 38.4 Å². The molecule has 2 atom stereocenters. The zero-order chi connectivity index (χ0) is 19.7. The van der Waals surface area contributed by atoms with E-state index in [2.05, 4.69) is 5.32 Å². The van der Waals surface area contributed by atoms with Gasteiger partial charge in [0.25, 0.3) is 10.0 Å². The smallest absolute Gasteiger partial charge is 0.253 e. The molecular weight excluding hydrogens is 398 g/mol. The van der Waals surface area contributed by atoms with Gasteiger partial charge in [-0.3, -0.25) is 9.59 Å². The SMILES string of the molecule is O=C(NCC1CC1)C1CCCN(C(=O)C2CCCN2S(=O)(=O)c2cccs2)C1. The second-order valence-electron chi connectivity index (χ2n) is 8.02. The number of nitrogens with one attached hydrogen (secondary N) is 1. The number of carbonyl (C=O) groups excluding carboxylic acids is 2. The van der Waals surface area contributed by atoms with Gasteiger partial charge in [-0.25, -0.2) is 8.42 Å². The van der Waals surface area contributed by atoms with Crippen molar-refractivity contribution < 1.29 is 18.0 Å². The van der Waals surface area contributed by atoms with Crippen molar-refractivity contribution in [3.63, 3.8) is 0 Å². The van der Waals surface area contributed by atoms with Gasteiger partial charge >= 0.3 is 0 Å². The zero-order valence-corrected chi connectivity index (χ0v) is 17.5. The van der Waals surface area contributed by atoms with Crippen LogP contribution in [0.1, 0.15) is 38.5 Å². The van der Waals surface area contributed by atoms with Crippen LogP contribution in [0.4, 0.5) is 0 Å². The second-order valence-corrected chi connectivity index (χ2v) is 11.1. The molecular formula is C19H27N3O4S2. The minimum absolute atomic E-state index is 0.0267. The van der Waals surface area contributed by atoms with Gasteiger partial charge in [-0.2, -0.15) is 4.31 Å². The van der Waals surface area contributed by atoms with E-state index < -0.39 is 16.1 Å². The highest BCUT2D eigenvalue weighted by atomic mass is 32.2. The normalized spacial score (nSPS) is 26.4. The summed E-state index contributed by atoms with van der Waals surface area (Å²) in [5.74, 6) is 0.302. The highest BCUT2D eigenvalue weighted by molar-refractivity contribution is 7.91. The Morgan fingerprint density at radius 2 is 1.93 bits per heavy atom. The van der Waals surface area contributed by atoms with E-state index in [4.69, 9.17) is 0 Å². The van der Waals surface area contributed by atoms with E-state index in [0.717, 1.165) is 19.4 Å². The Hall–Kier alpha value is -1.45. The molecule has 0 aromatic carbocycles. The summed E-state index contributed by atoms with van der Waals surface area (Å²) in [5.41, 5.74) is 0. The van der Waals surface area contributed by atoms with Crippen LogP contribution in [0.25, 0.3) is 0 Å². The molecule has 3 heterocycles. The molecule has 28 heavy (non-hydrogen) atoms. The van der Waals surface area contributed by atoms with Crippen LogP contribution in [0.15, 0.2) is 21.7 Å². The molecule has 1 aliphatic carbocycles. The standard InChI is InChI=1S/C19H27N3O4S2/c23-18(20-12-14-7-8-14)15-4-1-9-21(13-15)19(24)16-5-2-10-22(16)28(25,26)17-6-3-11-27-17/h3,6,11,14-16H,1-2,4-5,7-10,12-13H2,(H,20,23). The first-order valence-corrected chi connectivity index (χ1v) is 12.4. The zero-order valence-electron chi connectivity index (χ0n) is 15.9. The van der Waals surface area contributed by atoms with Crippen LogP contribution in [0.5, 0.6) is 0 Å². The van der Waals surface area contributed by atoms with E-state index in [1.165, 1.54) is 28.5 Å². The fourth-order valence-electron chi connectivity index (χ4n) is 4.11. The first-order valence-electron chi connectivity index (χ1n) is 10.1. The van der Waals surface area contributed by atoms with Crippen LogP contribution in [-0.2, 0) is 19.6 Å². The molecule has 2 aliphatic heterocycles. The molecule has 1 saturated carbocycles. The summed E-state index contributed by atoms with van der Waals surface area (Å²) in [6.45, 7) is 2.09. The van der Waals surface area contributed by atoms with Gasteiger partial charge in [0, 0.05) is 26.2 Å². The summed E-state index contributed by atoms with van der Waals surface area (Å²) < 4.78 is 27.5. The predicted octanol–water partition coefficient (Wildman–Crippen LogP) is 1.67. The maximum Gasteiger partial charge on any atom is 0.253 e. The van der Waals surface area contributed by atoms with Gasteiger partial charge in [0.2, 0.25) is 11.8 Å². The van der Waals surface area contributed by atoms with Gasteiger partial charge in [-0.15, -0.1) is 11.3 Å². The van der Waals surface area contributed by atoms with Gasteiger partial charge in [0.05, 0.1) is 5.92 Å². The Morgan fingerprint density at radius 3 is 2.64 bits per heavy atom. The summed E-state index contributed by atoms with van der Waals surface area (Å²) >= 11 is 1.18. The van der Waals surface area contributed by atoms with Gasteiger partial charge in [0.15, 0.2) is 0 Å². The first-order chi connectivity index (χ1) is 13.5. The highest BCUT2D eigenvalue weighted by Crippen LogP contribution is 2.31. The van der Waals surface area contributed by atoms with Crippen molar-refractivity contribution >= 4 is 33.2 Å². The van der Waals surface area contributed by atoms with Gasteiger partial charge < -0.3 is 10.2 Å². The Bertz CT molecular complexity index is 820. The molecule has 0 bridgehead atoms. The summed E-state index contributed by atoms with van der Waals surface area (Å²) in [5, 5.41) is 4.74. The van der Waals surface area contributed by atoms with Gasteiger partial charge in [0.1, 0.15) is 10.3 Å². The third-order valence-corrected chi connectivity index (χ3v) is 9.19. The minimum atomic E-state index is -3.64. The number of nitrogens with zero attached hydrogens (tertiary/aromatic N) is 2. The van der Waals surface area contributed by atoms with Crippen molar-refractivity contribution in [3.05, 3.63) is 17.5 Å². The highest BCUT2D eigenvalue weighted by Gasteiger charge is 2.42. The van der Waals surface area contributed by atoms with Gasteiger partial charge in [-0.1, -0.05) is 6.07 Å². The molecule has 3 fully saturated rings. The maximum atomic E-state index is 13.2. The lowest BCUT2D eigenvalue weighted by atomic mass is 9.96. The molecule has 154 valence electrons. The van der Waals surface area contributed by atoms with Crippen LogP contribution < -0.4 is 5.32 Å². The third kappa shape index (κ3) is 4.11. The van der Waals surface area contributed by atoms with Crippen molar-refractivity contribution in [2.45, 2.75) is 48.8 Å². The monoisotopic (exact) mass is 425 g/mol. The van der Waals surface area contributed by atoms with Crippen molar-refractivity contribution in [1.82, 2.24) is 14.5 Å². The number of sulfonamides is 1. The Morgan fingerprint density at radius 1 is 1.14 bits per heavy atom. The van der Waals surface area contributed by atoms with E-state index >= 15 is 0 Å². The molecule has 1 aromatic heterocycles. The molecule has 1 aromatic rings. The van der Waals surface area contributed by atoms with Crippen molar-refractivity contribution in [2.75, 3.05) is 26.2 Å². The lowest BCUT2D eigenvalue weighted by molar-refractivity contribution is -0.138. The number of rotatable bonds is 6. The summed E-state index contributed by atoms with van der Waals surface area (Å²) in [6.07, 6.45) is 5.15. The van der Waals surface area contributed by atoms with Crippen LogP contribution in [-0.4, -0.2) is 61.7 Å². The van der Waals surface area contributed by atoms with E-state index in [-0.39, 0.29) is 21.9 Å². The molecule has 4 rings (SSSR count). The molecule has 1 N–H and O–H groups in total. The fraction of sp³-hybridized carbons (Fsp3) is 0.684. The predicted molar refractivity (Wildman–Crippen MR) is 106 cm³/mol. The van der Waals surface area contributed by atoms with E-state index in [1.807, 2.05) is 0 Å². The molecule has 9 heteroatoms. The number of hydrogen-bond acceptors (Lipinski definition) is 5. The molecule has 2 saturated heterocycles. The molecule has 3 aliphatic rings. The number of likely N-dealkylation sites (tertiary alicyclic amines) is 1. The molecule has 7 nitrogen and oxygen atoms in total. The van der Waals surface area contributed by atoms with Gasteiger partial charge in [-0.05, 0) is 55.9 Å². The number of piperidine rings is 1. The quantitative estimate of drug-likeness (QED) is 0.751. The van der Waals surface area contributed by atoms with Crippen LogP contribution >= 0.6 is 11.3 Å². The van der Waals surface area contributed by atoms with Crippen LogP contribution in [0.2, 0.25) is 0 Å². The average Bonchev–Trinajstić information content (AvgIpc) is 3.15. The molecule has 2 unspecified atom stereocenters. The summed E-state index contributed by atoms with van der Waals surface area (Å²) in [4.78, 5) is 27.3. The summed E-state index contributed by atoms with van der Waals surface area (Å²) in [7, 11) is -3.64. The van der Waals surface area contributed by atoms with Crippen LogP contribution in [0, 0.1) is 11.8 Å². The Kier molecular flexibility index (Phi) is 5.76. The second kappa shape index (κ2) is 8.12. The third-order valence-electron chi connectivity index (χ3n) is 5.91. The molecule has 0 spiro atoms. The molecule has 0 radical (unpaired) electrons. The van der Waals surface area contributed by atoms with E-state index in [9.17, 15) is 18.0 Å². The van der Waals surface area contributed by atoms with Crippen molar-refractivity contribution in [1.29, 1.82) is 0 Å². The van der Waals surface area contributed by atoms with Crippen molar-refractivity contribution in [3.8, 4) is 0 Å². The Labute approximate surface area is 170 Å². The van der Waals surface area contributed by atoms with E-state index in [1.54, 1.807) is 22.4 Å². The topological polar surface area (TPSA) is 86.8 Å². The number of amides is 2. The lowest BCUT2D eigenvalue weighted by Gasteiger charge is -2.35. The average molecular weight is 426 g/mol.